The van der Waals surface area contributed by atoms with Crippen LogP contribution in [0.15, 0.2) is 164 Å². The molecule has 1 nitrogen and oxygen atoms in total. The zero-order valence-corrected chi connectivity index (χ0v) is 27.3. The van der Waals surface area contributed by atoms with Crippen LogP contribution in [0.5, 0.6) is 0 Å². The molecular formula is C47H27NS. The standard InChI is InChI=1S/C47H27NS/c48-28-42-31-15-4-6-17-34(31)46(35-18-7-5-16-32(35)42)41-24-12-23-40-33-26-25-30(27-43(33)49-47(40)41)45-38-21-10-8-19-36(38)44(29-13-2-1-3-14-29)37-20-9-11-22-39(37)45/h1-27H. The third-order valence-electron chi connectivity index (χ3n) is 10.1. The number of hydrogen-bond donors (Lipinski definition) is 0. The summed E-state index contributed by atoms with van der Waals surface area (Å²) in [6, 6.07) is 61.4. The van der Waals surface area contributed by atoms with Crippen molar-refractivity contribution in [3.8, 4) is 39.4 Å². The lowest BCUT2D eigenvalue weighted by molar-refractivity contribution is 1.52. The minimum absolute atomic E-state index is 0.737. The summed E-state index contributed by atoms with van der Waals surface area (Å²) in [4.78, 5) is 0. The first-order chi connectivity index (χ1) is 24.3. The Kier molecular flexibility index (Phi) is 6.18. The predicted octanol–water partition coefficient (Wildman–Crippen LogP) is 13.5. The van der Waals surface area contributed by atoms with Gasteiger partial charge in [0.1, 0.15) is 6.07 Å². The predicted molar refractivity (Wildman–Crippen MR) is 210 cm³/mol. The minimum Gasteiger partial charge on any atom is -0.192 e. The Labute approximate surface area is 287 Å². The molecule has 10 aromatic rings. The van der Waals surface area contributed by atoms with Crippen LogP contribution in [-0.2, 0) is 0 Å². The monoisotopic (exact) mass is 637 g/mol. The van der Waals surface area contributed by atoms with E-state index in [9.17, 15) is 5.26 Å². The van der Waals surface area contributed by atoms with Gasteiger partial charge in [-0.15, -0.1) is 11.3 Å². The van der Waals surface area contributed by atoms with Crippen molar-refractivity contribution in [1.29, 1.82) is 5.26 Å². The van der Waals surface area contributed by atoms with E-state index in [1.54, 1.807) is 0 Å². The van der Waals surface area contributed by atoms with Gasteiger partial charge in [-0.05, 0) is 66.2 Å². The Morgan fingerprint density at radius 3 is 1.39 bits per heavy atom. The molecule has 0 aliphatic heterocycles. The van der Waals surface area contributed by atoms with Crippen LogP contribution in [0, 0.1) is 11.3 Å². The van der Waals surface area contributed by atoms with Crippen molar-refractivity contribution in [2.75, 3.05) is 0 Å². The normalized spacial score (nSPS) is 11.7. The summed E-state index contributed by atoms with van der Waals surface area (Å²) >= 11 is 1.86. The van der Waals surface area contributed by atoms with Crippen molar-refractivity contribution in [3.05, 3.63) is 169 Å². The maximum atomic E-state index is 10.2. The second-order valence-corrected chi connectivity index (χ2v) is 13.7. The van der Waals surface area contributed by atoms with Gasteiger partial charge in [0.05, 0.1) is 5.56 Å². The molecule has 0 amide bonds. The van der Waals surface area contributed by atoms with E-state index in [0.717, 1.165) is 27.1 Å². The van der Waals surface area contributed by atoms with Gasteiger partial charge in [0.15, 0.2) is 0 Å². The van der Waals surface area contributed by atoms with Crippen molar-refractivity contribution in [2.24, 2.45) is 0 Å². The van der Waals surface area contributed by atoms with Gasteiger partial charge in [-0.1, -0.05) is 158 Å². The van der Waals surface area contributed by atoms with Crippen LogP contribution < -0.4 is 0 Å². The lowest BCUT2D eigenvalue weighted by atomic mass is 9.86. The Morgan fingerprint density at radius 1 is 0.367 bits per heavy atom. The first-order valence-electron chi connectivity index (χ1n) is 16.6. The Morgan fingerprint density at radius 2 is 0.837 bits per heavy atom. The van der Waals surface area contributed by atoms with E-state index in [2.05, 4.69) is 158 Å². The maximum Gasteiger partial charge on any atom is 0.100 e. The number of hydrogen-bond acceptors (Lipinski definition) is 2. The summed E-state index contributed by atoms with van der Waals surface area (Å²) in [5.74, 6) is 0. The molecule has 0 aliphatic rings. The molecule has 0 aliphatic carbocycles. The van der Waals surface area contributed by atoms with Gasteiger partial charge in [-0.3, -0.25) is 0 Å². The van der Waals surface area contributed by atoms with E-state index >= 15 is 0 Å². The molecule has 0 radical (unpaired) electrons. The highest BCUT2D eigenvalue weighted by atomic mass is 32.1. The smallest absolute Gasteiger partial charge is 0.100 e. The molecule has 0 atom stereocenters. The molecule has 1 aromatic heterocycles. The molecular weight excluding hydrogens is 611 g/mol. The number of rotatable bonds is 3. The van der Waals surface area contributed by atoms with E-state index in [0.29, 0.717) is 0 Å². The number of nitrogens with zero attached hydrogens (tertiary/aromatic N) is 1. The SMILES string of the molecule is N#Cc1c2ccccc2c(-c2cccc3c2sc2cc(-c4c5ccccc5c(-c5ccccc5)c5ccccc45)ccc23)c2ccccc12. The van der Waals surface area contributed by atoms with E-state index in [4.69, 9.17) is 0 Å². The number of thiophene rings is 1. The highest BCUT2D eigenvalue weighted by Gasteiger charge is 2.20. The van der Waals surface area contributed by atoms with Crippen LogP contribution in [0.4, 0.5) is 0 Å². The van der Waals surface area contributed by atoms with Crippen LogP contribution in [0.2, 0.25) is 0 Å². The van der Waals surface area contributed by atoms with E-state index in [1.807, 2.05) is 23.5 Å². The van der Waals surface area contributed by atoms with Gasteiger partial charge in [0.2, 0.25) is 0 Å². The quantitative estimate of drug-likeness (QED) is 0.177. The summed E-state index contributed by atoms with van der Waals surface area (Å²) in [6.45, 7) is 0. The van der Waals surface area contributed by atoms with Crippen molar-refractivity contribution >= 4 is 74.6 Å². The number of benzene rings is 9. The third-order valence-corrected chi connectivity index (χ3v) is 11.3. The average molecular weight is 638 g/mol. The summed E-state index contributed by atoms with van der Waals surface area (Å²) in [5, 5.41) is 22.0. The summed E-state index contributed by atoms with van der Waals surface area (Å²) in [5.41, 5.74) is 8.15. The molecule has 0 spiro atoms. The van der Waals surface area contributed by atoms with Crippen LogP contribution in [0.1, 0.15) is 5.56 Å². The van der Waals surface area contributed by atoms with E-state index in [1.165, 1.54) is 75.1 Å². The van der Waals surface area contributed by atoms with Gasteiger partial charge < -0.3 is 0 Å². The molecule has 9 aromatic carbocycles. The molecule has 49 heavy (non-hydrogen) atoms. The molecule has 1 heterocycles. The lowest BCUT2D eigenvalue weighted by Crippen LogP contribution is -1.90. The van der Waals surface area contributed by atoms with Crippen molar-refractivity contribution in [1.82, 2.24) is 0 Å². The second-order valence-electron chi connectivity index (χ2n) is 12.7. The van der Waals surface area contributed by atoms with E-state index < -0.39 is 0 Å². The van der Waals surface area contributed by atoms with Crippen LogP contribution in [0.25, 0.3) is 96.6 Å². The molecule has 2 heteroatoms. The average Bonchev–Trinajstić information content (AvgIpc) is 3.54. The molecule has 0 saturated carbocycles. The topological polar surface area (TPSA) is 23.8 Å². The molecule has 0 bridgehead atoms. The fraction of sp³-hybridized carbons (Fsp3) is 0. The Hall–Kier alpha value is -6.27. The molecule has 0 unspecified atom stereocenters. The third kappa shape index (κ3) is 4.10. The Bertz CT molecular complexity index is 2880. The molecule has 0 saturated heterocycles. The first-order valence-corrected chi connectivity index (χ1v) is 17.4. The first kappa shape index (κ1) is 27.8. The second kappa shape index (κ2) is 10.9. The van der Waals surface area contributed by atoms with Crippen molar-refractivity contribution < 1.29 is 0 Å². The van der Waals surface area contributed by atoms with Gasteiger partial charge >= 0.3 is 0 Å². The fourth-order valence-electron chi connectivity index (χ4n) is 8.04. The summed E-state index contributed by atoms with van der Waals surface area (Å²) in [7, 11) is 0. The van der Waals surface area contributed by atoms with Crippen molar-refractivity contribution in [3.63, 3.8) is 0 Å². The largest absolute Gasteiger partial charge is 0.192 e. The van der Waals surface area contributed by atoms with Crippen LogP contribution in [-0.4, -0.2) is 0 Å². The maximum absolute atomic E-state index is 10.2. The van der Waals surface area contributed by atoms with Crippen LogP contribution >= 0.6 is 11.3 Å². The van der Waals surface area contributed by atoms with Crippen LogP contribution in [0.3, 0.4) is 0 Å². The van der Waals surface area contributed by atoms with E-state index in [-0.39, 0.29) is 0 Å². The number of nitriles is 1. The van der Waals surface area contributed by atoms with Gasteiger partial charge in [0.25, 0.3) is 0 Å². The van der Waals surface area contributed by atoms with Gasteiger partial charge in [-0.2, -0.15) is 5.26 Å². The zero-order chi connectivity index (χ0) is 32.5. The molecule has 226 valence electrons. The van der Waals surface area contributed by atoms with Gasteiger partial charge in [-0.25, -0.2) is 0 Å². The molecule has 0 fully saturated rings. The zero-order valence-electron chi connectivity index (χ0n) is 26.4. The minimum atomic E-state index is 0.737. The highest BCUT2D eigenvalue weighted by molar-refractivity contribution is 7.26. The number of fused-ring (bicyclic) bond motifs is 7. The molecule has 10 rings (SSSR count). The summed E-state index contributed by atoms with van der Waals surface area (Å²) in [6.07, 6.45) is 0. The highest BCUT2D eigenvalue weighted by Crippen LogP contribution is 2.48. The Balaban J connectivity index is 1.26. The lowest BCUT2D eigenvalue weighted by Gasteiger charge is -2.17. The summed E-state index contributed by atoms with van der Waals surface area (Å²) < 4.78 is 2.53. The fourth-order valence-corrected chi connectivity index (χ4v) is 9.31. The van der Waals surface area contributed by atoms with Gasteiger partial charge in [0, 0.05) is 36.5 Å². The van der Waals surface area contributed by atoms with Crippen molar-refractivity contribution in [2.45, 2.75) is 0 Å². The molecule has 0 N–H and O–H groups in total.